The molecule has 0 unspecified atom stereocenters. The second kappa shape index (κ2) is 5.08. The van der Waals surface area contributed by atoms with E-state index >= 15 is 0 Å². The first-order valence-electron chi connectivity index (χ1n) is 9.33. The molecule has 1 heterocycles. The number of amides is 1. The second-order valence-corrected chi connectivity index (χ2v) is 8.48. The molecule has 24 heavy (non-hydrogen) atoms. The van der Waals surface area contributed by atoms with E-state index in [1.807, 2.05) is 35.8 Å². The van der Waals surface area contributed by atoms with E-state index in [-0.39, 0.29) is 11.4 Å². The summed E-state index contributed by atoms with van der Waals surface area (Å²) in [7, 11) is 0. The molecule has 4 saturated carbocycles. The van der Waals surface area contributed by atoms with Crippen LogP contribution in [0.25, 0.3) is 11.0 Å². The van der Waals surface area contributed by atoms with Crippen molar-refractivity contribution in [3.63, 3.8) is 0 Å². The molecule has 1 aromatic carbocycles. The summed E-state index contributed by atoms with van der Waals surface area (Å²) in [5, 5.41) is 3.47. The summed E-state index contributed by atoms with van der Waals surface area (Å²) in [5.41, 5.74) is 2.11. The number of hydrogen-bond donors (Lipinski definition) is 1. The molecule has 4 aliphatic rings. The van der Waals surface area contributed by atoms with Gasteiger partial charge in [-0.3, -0.25) is 4.79 Å². The summed E-state index contributed by atoms with van der Waals surface area (Å²) in [5.74, 6) is 3.63. The van der Waals surface area contributed by atoms with Gasteiger partial charge >= 0.3 is 0 Å². The maximum atomic E-state index is 12.8. The number of nitrogens with zero attached hydrogens (tertiary/aromatic N) is 2. The van der Waals surface area contributed by atoms with Gasteiger partial charge in [-0.25, -0.2) is 4.98 Å². The van der Waals surface area contributed by atoms with Crippen LogP contribution < -0.4 is 5.32 Å². The molecule has 1 amide bonds. The third-order valence-electron chi connectivity index (χ3n) is 6.59. The summed E-state index contributed by atoms with van der Waals surface area (Å²) >= 11 is 0. The third-order valence-corrected chi connectivity index (χ3v) is 6.59. The topological polar surface area (TPSA) is 46.9 Å². The predicted octanol–water partition coefficient (Wildman–Crippen LogP) is 3.43. The lowest BCUT2D eigenvalue weighted by molar-refractivity contribution is -0.127. The number of fused-ring (bicyclic) bond motifs is 1. The lowest BCUT2D eigenvalue weighted by Crippen LogP contribution is -2.60. The number of carbonyl (C=O) groups excluding carboxylic acids is 1. The molecule has 0 saturated heterocycles. The number of nitrogens with one attached hydrogen (secondary N) is 1. The number of rotatable bonds is 3. The minimum atomic E-state index is 0.0934. The summed E-state index contributed by atoms with van der Waals surface area (Å²) in [6, 6.07) is 8.06. The molecule has 4 bridgehead atoms. The first-order valence-corrected chi connectivity index (χ1v) is 9.33. The summed E-state index contributed by atoms with van der Waals surface area (Å²) < 4.78 is 2.05. The van der Waals surface area contributed by atoms with Gasteiger partial charge < -0.3 is 9.88 Å². The van der Waals surface area contributed by atoms with E-state index in [9.17, 15) is 4.79 Å². The van der Waals surface area contributed by atoms with Crippen molar-refractivity contribution in [2.45, 2.75) is 57.5 Å². The van der Waals surface area contributed by atoms with Crippen LogP contribution in [0.1, 0.15) is 44.3 Å². The quantitative estimate of drug-likeness (QED) is 0.940. The Morgan fingerprint density at radius 3 is 2.46 bits per heavy atom. The molecular weight excluding hydrogens is 298 g/mol. The summed E-state index contributed by atoms with van der Waals surface area (Å²) in [4.78, 5) is 17.4. The van der Waals surface area contributed by atoms with Gasteiger partial charge in [0.05, 0.1) is 11.0 Å². The van der Waals surface area contributed by atoms with Crippen LogP contribution in [-0.4, -0.2) is 21.0 Å². The largest absolute Gasteiger partial charge is 0.349 e. The van der Waals surface area contributed by atoms with Crippen molar-refractivity contribution in [1.29, 1.82) is 0 Å². The molecule has 0 atom stereocenters. The molecule has 126 valence electrons. The molecule has 6 rings (SSSR count). The van der Waals surface area contributed by atoms with Crippen LogP contribution in [0.3, 0.4) is 0 Å². The Balaban J connectivity index is 1.37. The average Bonchev–Trinajstić information content (AvgIpc) is 2.81. The highest BCUT2D eigenvalue weighted by Crippen LogP contribution is 2.55. The van der Waals surface area contributed by atoms with Crippen molar-refractivity contribution in [2.75, 3.05) is 0 Å². The maximum Gasteiger partial charge on any atom is 0.240 e. The van der Waals surface area contributed by atoms with Crippen LogP contribution >= 0.6 is 0 Å². The monoisotopic (exact) mass is 323 g/mol. The Morgan fingerprint density at radius 1 is 1.17 bits per heavy atom. The minimum Gasteiger partial charge on any atom is -0.349 e. The van der Waals surface area contributed by atoms with Crippen molar-refractivity contribution >= 4 is 16.9 Å². The summed E-state index contributed by atoms with van der Waals surface area (Å²) in [6.45, 7) is 2.37. The lowest BCUT2D eigenvalue weighted by Gasteiger charge is -2.56. The SMILES string of the molecule is Cc1nc2ccccc2n1CC(=O)NC12CC3CC(CC(C3)C1)C2. The van der Waals surface area contributed by atoms with Gasteiger partial charge in [-0.15, -0.1) is 0 Å². The highest BCUT2D eigenvalue weighted by molar-refractivity contribution is 5.81. The Hall–Kier alpha value is -1.84. The van der Waals surface area contributed by atoms with E-state index in [2.05, 4.69) is 10.3 Å². The van der Waals surface area contributed by atoms with Crippen LogP contribution in [0.15, 0.2) is 24.3 Å². The van der Waals surface area contributed by atoms with E-state index in [4.69, 9.17) is 0 Å². The average molecular weight is 323 g/mol. The Kier molecular flexibility index (Phi) is 3.07. The van der Waals surface area contributed by atoms with Gasteiger partial charge in [-0.1, -0.05) is 12.1 Å². The van der Waals surface area contributed by atoms with Crippen molar-refractivity contribution in [3.8, 4) is 0 Å². The zero-order chi connectivity index (χ0) is 16.3. The normalized spacial score (nSPS) is 34.0. The number of aryl methyl sites for hydroxylation is 1. The summed E-state index contributed by atoms with van der Waals surface area (Å²) in [6.07, 6.45) is 7.82. The first-order chi connectivity index (χ1) is 11.6. The molecular formula is C20H25N3O. The standard InChI is InChI=1S/C20H25N3O/c1-13-21-17-4-2-3-5-18(17)23(13)12-19(24)22-20-9-14-6-15(10-20)8-16(7-14)11-20/h2-5,14-16H,6-12H2,1H3,(H,22,24). The van der Waals surface area contributed by atoms with Crippen LogP contribution in [-0.2, 0) is 11.3 Å². The Bertz CT molecular complexity index is 771. The van der Waals surface area contributed by atoms with Gasteiger partial charge in [0.25, 0.3) is 0 Å². The molecule has 4 aliphatic carbocycles. The molecule has 4 heteroatoms. The molecule has 2 aromatic rings. The van der Waals surface area contributed by atoms with Gasteiger partial charge in [0.15, 0.2) is 0 Å². The lowest BCUT2D eigenvalue weighted by atomic mass is 9.53. The van der Waals surface area contributed by atoms with Gasteiger partial charge in [-0.2, -0.15) is 0 Å². The van der Waals surface area contributed by atoms with Gasteiger partial charge in [0.1, 0.15) is 12.4 Å². The van der Waals surface area contributed by atoms with E-state index in [1.165, 1.54) is 38.5 Å². The van der Waals surface area contributed by atoms with Crippen molar-refractivity contribution in [3.05, 3.63) is 30.1 Å². The van der Waals surface area contributed by atoms with Crippen molar-refractivity contribution < 1.29 is 4.79 Å². The van der Waals surface area contributed by atoms with Gasteiger partial charge in [0.2, 0.25) is 5.91 Å². The van der Waals surface area contributed by atoms with Crippen molar-refractivity contribution in [2.24, 2.45) is 17.8 Å². The van der Waals surface area contributed by atoms with E-state index in [0.717, 1.165) is 34.6 Å². The zero-order valence-corrected chi connectivity index (χ0v) is 14.3. The van der Waals surface area contributed by atoms with Crippen LogP contribution in [0.5, 0.6) is 0 Å². The number of benzene rings is 1. The van der Waals surface area contributed by atoms with Gasteiger partial charge in [-0.05, 0) is 75.3 Å². The number of imidazole rings is 1. The van der Waals surface area contributed by atoms with E-state index < -0.39 is 0 Å². The predicted molar refractivity (Wildman–Crippen MR) is 93.5 cm³/mol. The highest BCUT2D eigenvalue weighted by atomic mass is 16.2. The van der Waals surface area contributed by atoms with E-state index in [1.54, 1.807) is 0 Å². The molecule has 1 N–H and O–H groups in total. The Labute approximate surface area is 142 Å². The molecule has 0 aliphatic heterocycles. The maximum absolute atomic E-state index is 12.8. The third kappa shape index (κ3) is 2.27. The molecule has 0 spiro atoms. The van der Waals surface area contributed by atoms with E-state index in [0.29, 0.717) is 6.54 Å². The highest BCUT2D eigenvalue weighted by Gasteiger charge is 2.51. The number of carbonyl (C=O) groups is 1. The zero-order valence-electron chi connectivity index (χ0n) is 14.3. The number of aromatic nitrogens is 2. The smallest absolute Gasteiger partial charge is 0.240 e. The fourth-order valence-electron chi connectivity index (χ4n) is 6.14. The fraction of sp³-hybridized carbons (Fsp3) is 0.600. The molecule has 0 radical (unpaired) electrons. The number of hydrogen-bond acceptors (Lipinski definition) is 2. The van der Waals surface area contributed by atoms with Gasteiger partial charge in [0, 0.05) is 5.54 Å². The fourth-order valence-corrected chi connectivity index (χ4v) is 6.14. The van der Waals surface area contributed by atoms with Crippen LogP contribution in [0, 0.1) is 24.7 Å². The molecule has 1 aromatic heterocycles. The molecule has 4 fully saturated rings. The van der Waals surface area contributed by atoms with Crippen molar-refractivity contribution in [1.82, 2.24) is 14.9 Å². The molecule has 4 nitrogen and oxygen atoms in total. The Morgan fingerprint density at radius 2 is 1.79 bits per heavy atom. The first kappa shape index (κ1) is 14.5. The second-order valence-electron chi connectivity index (χ2n) is 8.48. The van der Waals surface area contributed by atoms with Crippen LogP contribution in [0.2, 0.25) is 0 Å². The minimum absolute atomic E-state index is 0.0934. The number of para-hydroxylation sites is 2. The van der Waals surface area contributed by atoms with Crippen LogP contribution in [0.4, 0.5) is 0 Å².